The monoisotopic (exact) mass is 272 g/mol. The van der Waals surface area contributed by atoms with Gasteiger partial charge in [-0.25, -0.2) is 0 Å². The minimum absolute atomic E-state index is 0.0624. The third-order valence-electron chi connectivity index (χ3n) is 3.29. The van der Waals surface area contributed by atoms with E-state index >= 15 is 0 Å². The number of hydrogen-bond acceptors (Lipinski definition) is 6. The van der Waals surface area contributed by atoms with Gasteiger partial charge in [0.1, 0.15) is 0 Å². The second-order valence-electron chi connectivity index (χ2n) is 4.84. The molecule has 0 radical (unpaired) electrons. The maximum atomic E-state index is 12.3. The molecule has 19 heavy (non-hydrogen) atoms. The minimum Gasteiger partial charge on any atom is -0.465 e. The van der Waals surface area contributed by atoms with Crippen molar-refractivity contribution in [2.45, 2.75) is 38.9 Å². The van der Waals surface area contributed by atoms with Gasteiger partial charge in [-0.15, -0.1) is 0 Å². The molecular formula is C13H20O6. The van der Waals surface area contributed by atoms with Crippen molar-refractivity contribution in [2.24, 2.45) is 5.41 Å². The molecule has 0 spiro atoms. The summed E-state index contributed by atoms with van der Waals surface area (Å²) in [6.07, 6.45) is 0.495. The number of rotatable bonds is 8. The van der Waals surface area contributed by atoms with Gasteiger partial charge in [0.15, 0.2) is 5.41 Å². The zero-order chi connectivity index (χ0) is 13.9. The van der Waals surface area contributed by atoms with Crippen molar-refractivity contribution in [1.82, 2.24) is 0 Å². The highest BCUT2D eigenvalue weighted by molar-refractivity contribution is 6.00. The van der Waals surface area contributed by atoms with E-state index in [9.17, 15) is 9.59 Å². The lowest BCUT2D eigenvalue weighted by atomic mass is 9.78. The maximum Gasteiger partial charge on any atom is 0.323 e. The van der Waals surface area contributed by atoms with Crippen molar-refractivity contribution in [2.75, 3.05) is 26.4 Å². The molecular weight excluding hydrogens is 252 g/mol. The van der Waals surface area contributed by atoms with Gasteiger partial charge in [0.25, 0.3) is 0 Å². The maximum absolute atomic E-state index is 12.3. The number of carbonyl (C=O) groups is 2. The van der Waals surface area contributed by atoms with E-state index in [2.05, 4.69) is 0 Å². The topological polar surface area (TPSA) is 77.7 Å². The van der Waals surface area contributed by atoms with Crippen LogP contribution in [0.4, 0.5) is 0 Å². The van der Waals surface area contributed by atoms with Crippen LogP contribution in [0.3, 0.4) is 0 Å². The fourth-order valence-electron chi connectivity index (χ4n) is 2.19. The van der Waals surface area contributed by atoms with Gasteiger partial charge in [-0.3, -0.25) is 9.59 Å². The van der Waals surface area contributed by atoms with E-state index in [-0.39, 0.29) is 25.4 Å². The quantitative estimate of drug-likeness (QED) is 0.367. The van der Waals surface area contributed by atoms with Gasteiger partial charge in [0.05, 0.1) is 38.6 Å². The Morgan fingerprint density at radius 2 is 1.37 bits per heavy atom. The van der Waals surface area contributed by atoms with E-state index < -0.39 is 17.4 Å². The normalized spacial score (nSPS) is 24.7. The zero-order valence-electron chi connectivity index (χ0n) is 11.3. The van der Waals surface area contributed by atoms with E-state index in [0.29, 0.717) is 26.1 Å². The first kappa shape index (κ1) is 14.3. The Morgan fingerprint density at radius 1 is 1.00 bits per heavy atom. The molecule has 0 saturated carbocycles. The zero-order valence-corrected chi connectivity index (χ0v) is 11.3. The second kappa shape index (κ2) is 5.88. The van der Waals surface area contributed by atoms with Crippen molar-refractivity contribution < 1.29 is 28.5 Å². The average Bonchev–Trinajstić information content (AvgIpc) is 3.24. The molecule has 0 N–H and O–H groups in total. The summed E-state index contributed by atoms with van der Waals surface area (Å²) in [6, 6.07) is 0. The molecule has 108 valence electrons. The predicted molar refractivity (Wildman–Crippen MR) is 64.4 cm³/mol. The standard InChI is InChI=1S/C13H20O6/c1-3-16-11(14)13(5-9-7-18-9,6-10-8-19-10)12(15)17-4-2/h9-10H,3-8H2,1-2H3. The Labute approximate surface area is 112 Å². The number of hydrogen-bond donors (Lipinski definition) is 0. The molecule has 2 unspecified atom stereocenters. The van der Waals surface area contributed by atoms with E-state index in [1.165, 1.54) is 0 Å². The molecule has 0 aromatic carbocycles. The van der Waals surface area contributed by atoms with Gasteiger partial charge < -0.3 is 18.9 Å². The summed E-state index contributed by atoms with van der Waals surface area (Å²) >= 11 is 0. The highest BCUT2D eigenvalue weighted by Gasteiger charge is 2.55. The summed E-state index contributed by atoms with van der Waals surface area (Å²) in [5.74, 6) is -1.06. The Bertz CT molecular complexity index is 311. The molecule has 6 heteroatoms. The largest absolute Gasteiger partial charge is 0.465 e. The Kier molecular flexibility index (Phi) is 4.42. The van der Waals surface area contributed by atoms with Crippen LogP contribution in [0.2, 0.25) is 0 Å². The van der Waals surface area contributed by atoms with Crippen molar-refractivity contribution in [3.8, 4) is 0 Å². The van der Waals surface area contributed by atoms with Gasteiger partial charge in [-0.2, -0.15) is 0 Å². The van der Waals surface area contributed by atoms with Crippen LogP contribution in [0.1, 0.15) is 26.7 Å². The highest BCUT2D eigenvalue weighted by Crippen LogP contribution is 2.40. The Morgan fingerprint density at radius 3 is 1.63 bits per heavy atom. The van der Waals surface area contributed by atoms with Crippen LogP contribution in [0.15, 0.2) is 0 Å². The lowest BCUT2D eigenvalue weighted by Crippen LogP contribution is -2.44. The fourth-order valence-corrected chi connectivity index (χ4v) is 2.19. The van der Waals surface area contributed by atoms with Crippen LogP contribution in [0.5, 0.6) is 0 Å². The first-order valence-corrected chi connectivity index (χ1v) is 6.70. The van der Waals surface area contributed by atoms with Crippen LogP contribution in [-0.4, -0.2) is 50.6 Å². The average molecular weight is 272 g/mol. The molecule has 2 heterocycles. The fraction of sp³-hybridized carbons (Fsp3) is 0.846. The van der Waals surface area contributed by atoms with Gasteiger partial charge in [0.2, 0.25) is 0 Å². The molecule has 6 nitrogen and oxygen atoms in total. The van der Waals surface area contributed by atoms with Crippen LogP contribution in [0.25, 0.3) is 0 Å². The smallest absolute Gasteiger partial charge is 0.323 e. The Balaban J connectivity index is 2.17. The third kappa shape index (κ3) is 3.45. The number of esters is 2. The first-order valence-electron chi connectivity index (χ1n) is 6.70. The first-order chi connectivity index (χ1) is 9.12. The van der Waals surface area contributed by atoms with Crippen LogP contribution in [-0.2, 0) is 28.5 Å². The molecule has 2 rings (SSSR count). The molecule has 0 aromatic rings. The number of epoxide rings is 2. The van der Waals surface area contributed by atoms with E-state index in [1.807, 2.05) is 0 Å². The molecule has 0 aliphatic carbocycles. The van der Waals surface area contributed by atoms with Gasteiger partial charge in [0, 0.05) is 12.8 Å². The van der Waals surface area contributed by atoms with Crippen LogP contribution in [0, 0.1) is 5.41 Å². The van der Waals surface area contributed by atoms with Crippen molar-refractivity contribution in [3.63, 3.8) is 0 Å². The van der Waals surface area contributed by atoms with Gasteiger partial charge in [-0.05, 0) is 13.8 Å². The SMILES string of the molecule is CCOC(=O)C(CC1CO1)(CC1CO1)C(=O)OCC. The van der Waals surface area contributed by atoms with Crippen LogP contribution < -0.4 is 0 Å². The summed E-state index contributed by atoms with van der Waals surface area (Å²) < 4.78 is 20.5. The lowest BCUT2D eigenvalue weighted by molar-refractivity contribution is -0.174. The van der Waals surface area contributed by atoms with Crippen LogP contribution >= 0.6 is 0 Å². The summed E-state index contributed by atoms with van der Waals surface area (Å²) in [5.41, 5.74) is -1.28. The summed E-state index contributed by atoms with van der Waals surface area (Å²) in [4.78, 5) is 24.5. The van der Waals surface area contributed by atoms with E-state index in [4.69, 9.17) is 18.9 Å². The molecule has 0 bridgehead atoms. The van der Waals surface area contributed by atoms with E-state index in [1.54, 1.807) is 13.8 Å². The number of carbonyl (C=O) groups excluding carboxylic acids is 2. The summed E-state index contributed by atoms with van der Waals surface area (Å²) in [5, 5.41) is 0. The van der Waals surface area contributed by atoms with E-state index in [0.717, 1.165) is 0 Å². The highest BCUT2D eigenvalue weighted by atomic mass is 16.6. The number of ether oxygens (including phenoxy) is 4. The summed E-state index contributed by atoms with van der Waals surface area (Å²) in [7, 11) is 0. The van der Waals surface area contributed by atoms with Gasteiger partial charge >= 0.3 is 11.9 Å². The molecule has 2 fully saturated rings. The second-order valence-corrected chi connectivity index (χ2v) is 4.84. The molecule has 0 aromatic heterocycles. The molecule has 2 aliphatic rings. The summed E-state index contributed by atoms with van der Waals surface area (Å²) in [6.45, 7) is 5.05. The lowest BCUT2D eigenvalue weighted by Gasteiger charge is -2.28. The predicted octanol–water partition coefficient (Wildman–Crippen LogP) is 0.677. The van der Waals surface area contributed by atoms with Crippen molar-refractivity contribution in [1.29, 1.82) is 0 Å². The van der Waals surface area contributed by atoms with Crippen molar-refractivity contribution in [3.05, 3.63) is 0 Å². The van der Waals surface area contributed by atoms with Crippen molar-refractivity contribution >= 4 is 11.9 Å². The minimum atomic E-state index is -1.28. The Hall–Kier alpha value is -1.14. The molecule has 2 saturated heterocycles. The molecule has 2 aliphatic heterocycles. The van der Waals surface area contributed by atoms with Gasteiger partial charge in [-0.1, -0.05) is 0 Å². The molecule has 2 atom stereocenters. The molecule has 0 amide bonds. The third-order valence-corrected chi connectivity index (χ3v) is 3.29.